The minimum Gasteiger partial charge on any atom is -0.350 e. The molecule has 2 aromatic heterocycles. The van der Waals surface area contributed by atoms with Crippen molar-refractivity contribution in [3.63, 3.8) is 0 Å². The van der Waals surface area contributed by atoms with Gasteiger partial charge < -0.3 is 20.5 Å². The van der Waals surface area contributed by atoms with Gasteiger partial charge in [0.05, 0.1) is 11.8 Å². The number of benzene rings is 1. The molecule has 2 heterocycles. The molecule has 158 valence electrons. The van der Waals surface area contributed by atoms with Crippen molar-refractivity contribution in [1.82, 2.24) is 25.2 Å². The van der Waals surface area contributed by atoms with Crippen LogP contribution in [0.4, 0.5) is 11.5 Å². The Morgan fingerprint density at radius 1 is 1.23 bits per heavy atom. The number of H-pyrrole nitrogens is 1. The number of nitrogens with zero attached hydrogens (tertiary/aromatic N) is 4. The van der Waals surface area contributed by atoms with Gasteiger partial charge in [-0.1, -0.05) is 12.1 Å². The fourth-order valence-electron chi connectivity index (χ4n) is 2.82. The number of fused-ring (bicyclic) bond motifs is 1. The molecule has 0 atom stereocenters. The molecule has 0 aliphatic carbocycles. The van der Waals surface area contributed by atoms with Crippen LogP contribution in [-0.4, -0.2) is 51.8 Å². The van der Waals surface area contributed by atoms with Crippen molar-refractivity contribution in [2.45, 2.75) is 19.9 Å². The summed E-state index contributed by atoms with van der Waals surface area (Å²) in [7, 11) is 3.20. The van der Waals surface area contributed by atoms with Crippen LogP contribution in [0.1, 0.15) is 29.8 Å². The van der Waals surface area contributed by atoms with E-state index in [0.717, 1.165) is 11.3 Å². The van der Waals surface area contributed by atoms with E-state index in [-0.39, 0.29) is 23.4 Å². The first-order chi connectivity index (χ1) is 14.8. The number of carbonyl (C=O) groups excluding carboxylic acids is 2. The van der Waals surface area contributed by atoms with Gasteiger partial charge in [-0.15, -0.1) is 0 Å². The summed E-state index contributed by atoms with van der Waals surface area (Å²) in [6.07, 6.45) is 4.70. The van der Waals surface area contributed by atoms with Gasteiger partial charge in [0.1, 0.15) is 23.0 Å². The van der Waals surface area contributed by atoms with Crippen molar-refractivity contribution in [3.05, 3.63) is 53.4 Å². The molecular weight excluding hydrogens is 394 g/mol. The predicted octanol–water partition coefficient (Wildman–Crippen LogP) is 2.83. The number of amides is 2. The fourth-order valence-corrected chi connectivity index (χ4v) is 2.82. The van der Waals surface area contributed by atoms with Crippen LogP contribution in [0.2, 0.25) is 0 Å². The van der Waals surface area contributed by atoms with Crippen LogP contribution in [0, 0.1) is 11.3 Å². The molecule has 3 rings (SSSR count). The predicted molar refractivity (Wildman–Crippen MR) is 118 cm³/mol. The van der Waals surface area contributed by atoms with Gasteiger partial charge in [-0.3, -0.25) is 9.59 Å². The number of aromatic amines is 1. The van der Waals surface area contributed by atoms with Crippen LogP contribution >= 0.6 is 0 Å². The largest absolute Gasteiger partial charge is 0.350 e. The molecule has 2 amide bonds. The van der Waals surface area contributed by atoms with Crippen molar-refractivity contribution in [2.24, 2.45) is 0 Å². The monoisotopic (exact) mass is 417 g/mol. The Balaban J connectivity index is 1.81. The van der Waals surface area contributed by atoms with Gasteiger partial charge in [0.25, 0.3) is 11.8 Å². The van der Waals surface area contributed by atoms with Crippen molar-refractivity contribution in [3.8, 4) is 6.07 Å². The Bertz CT molecular complexity index is 1180. The molecule has 0 aliphatic heterocycles. The second kappa shape index (κ2) is 9.09. The molecule has 0 fully saturated rings. The smallest absolute Gasteiger partial charge is 0.264 e. The third-order valence-corrected chi connectivity index (χ3v) is 4.30. The zero-order valence-corrected chi connectivity index (χ0v) is 17.7. The zero-order valence-electron chi connectivity index (χ0n) is 17.7. The summed E-state index contributed by atoms with van der Waals surface area (Å²) < 4.78 is 0. The minimum atomic E-state index is -0.350. The maximum Gasteiger partial charge on any atom is 0.264 e. The van der Waals surface area contributed by atoms with Crippen LogP contribution in [0.3, 0.4) is 0 Å². The van der Waals surface area contributed by atoms with Crippen LogP contribution in [0.15, 0.2) is 42.2 Å². The Kier molecular flexibility index (Phi) is 6.31. The summed E-state index contributed by atoms with van der Waals surface area (Å²) in [6, 6.07) is 9.11. The molecule has 31 heavy (non-hydrogen) atoms. The van der Waals surface area contributed by atoms with E-state index in [0.29, 0.717) is 22.5 Å². The summed E-state index contributed by atoms with van der Waals surface area (Å²) in [5, 5.41) is 15.2. The highest BCUT2D eigenvalue weighted by Gasteiger charge is 2.15. The van der Waals surface area contributed by atoms with E-state index in [1.165, 1.54) is 11.0 Å². The van der Waals surface area contributed by atoms with Crippen LogP contribution in [0.5, 0.6) is 0 Å². The Morgan fingerprint density at radius 3 is 2.55 bits per heavy atom. The first kappa shape index (κ1) is 21.5. The third-order valence-electron chi connectivity index (χ3n) is 4.30. The van der Waals surface area contributed by atoms with E-state index in [4.69, 9.17) is 0 Å². The van der Waals surface area contributed by atoms with Gasteiger partial charge >= 0.3 is 0 Å². The molecule has 0 saturated heterocycles. The van der Waals surface area contributed by atoms with Crippen LogP contribution in [-0.2, 0) is 4.79 Å². The summed E-state index contributed by atoms with van der Waals surface area (Å²) >= 11 is 0. The molecule has 0 radical (unpaired) electrons. The Labute approximate surface area is 179 Å². The topological polar surface area (TPSA) is 127 Å². The molecule has 0 unspecified atom stereocenters. The second-order valence-corrected chi connectivity index (χ2v) is 7.40. The number of carbonyl (C=O) groups is 2. The summed E-state index contributed by atoms with van der Waals surface area (Å²) in [6.45, 7) is 3.78. The number of hydrogen-bond acceptors (Lipinski definition) is 6. The van der Waals surface area contributed by atoms with Crippen molar-refractivity contribution >= 4 is 40.6 Å². The molecule has 0 saturated carbocycles. The average Bonchev–Trinajstić information content (AvgIpc) is 3.15. The van der Waals surface area contributed by atoms with E-state index in [1.54, 1.807) is 50.8 Å². The van der Waals surface area contributed by atoms with E-state index < -0.39 is 0 Å². The first-order valence-electron chi connectivity index (χ1n) is 9.64. The van der Waals surface area contributed by atoms with Gasteiger partial charge in [-0.2, -0.15) is 5.26 Å². The number of aromatic nitrogens is 3. The van der Waals surface area contributed by atoms with E-state index in [1.807, 2.05) is 19.9 Å². The molecule has 0 bridgehead atoms. The lowest BCUT2D eigenvalue weighted by molar-refractivity contribution is -0.124. The number of nitriles is 1. The summed E-state index contributed by atoms with van der Waals surface area (Å²) in [4.78, 5) is 37.5. The molecular formula is C22H23N7O2. The number of nitrogens with one attached hydrogen (secondary N) is 3. The van der Waals surface area contributed by atoms with Crippen molar-refractivity contribution in [2.75, 3.05) is 19.4 Å². The molecule has 0 aliphatic rings. The van der Waals surface area contributed by atoms with E-state index in [9.17, 15) is 14.9 Å². The third kappa shape index (κ3) is 5.05. The van der Waals surface area contributed by atoms with E-state index in [2.05, 4.69) is 25.6 Å². The zero-order chi connectivity index (χ0) is 22.5. The van der Waals surface area contributed by atoms with Gasteiger partial charge in [0, 0.05) is 32.0 Å². The van der Waals surface area contributed by atoms with Gasteiger partial charge in [0.15, 0.2) is 5.65 Å². The van der Waals surface area contributed by atoms with E-state index >= 15 is 0 Å². The summed E-state index contributed by atoms with van der Waals surface area (Å²) in [5.74, 6) is -0.0871. The van der Waals surface area contributed by atoms with Crippen LogP contribution < -0.4 is 10.6 Å². The lowest BCUT2D eigenvalue weighted by atomic mass is 10.1. The highest BCUT2D eigenvalue weighted by Crippen LogP contribution is 2.20. The normalized spacial score (nSPS) is 11.3. The van der Waals surface area contributed by atoms with Crippen molar-refractivity contribution in [1.29, 1.82) is 5.26 Å². The summed E-state index contributed by atoms with van der Waals surface area (Å²) in [5.41, 5.74) is 2.94. The SMILES string of the molecule is CC(C)NC(=O)c1c[nH]c2ncc(Nc3ccc(C=C(C#N)C(=O)N(C)C)cc3)nc12. The molecule has 3 aromatic rings. The molecule has 9 heteroatoms. The number of hydrogen-bond donors (Lipinski definition) is 3. The maximum absolute atomic E-state index is 12.4. The standard InChI is InChI=1S/C22H23N7O2/c1-13(2)26-21(30)17-11-24-20-19(17)28-18(12-25-20)27-16-7-5-14(6-8-16)9-15(10-23)22(31)29(3)4/h5-9,11-13H,1-4H3,(H,24,25)(H,26,30)(H,27,28). The Morgan fingerprint density at radius 2 is 1.94 bits per heavy atom. The van der Waals surface area contributed by atoms with Gasteiger partial charge in [0.2, 0.25) is 0 Å². The number of likely N-dealkylation sites (N-methyl/N-ethyl adjacent to an activating group) is 1. The van der Waals surface area contributed by atoms with Gasteiger partial charge in [-0.05, 0) is 37.6 Å². The maximum atomic E-state index is 12.4. The highest BCUT2D eigenvalue weighted by molar-refractivity contribution is 6.04. The molecule has 0 spiro atoms. The van der Waals surface area contributed by atoms with Crippen LogP contribution in [0.25, 0.3) is 17.2 Å². The number of rotatable bonds is 6. The lowest BCUT2D eigenvalue weighted by Gasteiger charge is -2.09. The molecule has 9 nitrogen and oxygen atoms in total. The average molecular weight is 417 g/mol. The van der Waals surface area contributed by atoms with Gasteiger partial charge in [-0.25, -0.2) is 9.97 Å². The highest BCUT2D eigenvalue weighted by atomic mass is 16.2. The quantitative estimate of drug-likeness (QED) is 0.418. The Hall–Kier alpha value is -4.19. The fraction of sp³-hybridized carbons (Fsp3) is 0.227. The first-order valence-corrected chi connectivity index (χ1v) is 9.64. The lowest BCUT2D eigenvalue weighted by Crippen LogP contribution is -2.29. The van der Waals surface area contributed by atoms with Crippen molar-refractivity contribution < 1.29 is 9.59 Å². The second-order valence-electron chi connectivity index (χ2n) is 7.40. The minimum absolute atomic E-state index is 0.00819. The molecule has 1 aromatic carbocycles. The number of anilines is 2. The molecule has 3 N–H and O–H groups in total.